The summed E-state index contributed by atoms with van der Waals surface area (Å²) in [6, 6.07) is -0.108. The van der Waals surface area contributed by atoms with E-state index in [2.05, 4.69) is 17.2 Å². The van der Waals surface area contributed by atoms with Gasteiger partial charge in [-0.1, -0.05) is 6.92 Å². The molecule has 2 aliphatic rings. The van der Waals surface area contributed by atoms with Crippen molar-refractivity contribution in [2.75, 3.05) is 38.2 Å². The topological polar surface area (TPSA) is 74.7 Å². The number of anilines is 1. The van der Waals surface area contributed by atoms with Gasteiger partial charge in [-0.25, -0.2) is 9.78 Å². The highest BCUT2D eigenvalue weighted by Crippen LogP contribution is 2.30. The number of piperidine rings is 1. The summed E-state index contributed by atoms with van der Waals surface area (Å²) in [6.07, 6.45) is 2.98. The van der Waals surface area contributed by atoms with Gasteiger partial charge in [0.25, 0.3) is 0 Å². The fourth-order valence-electron chi connectivity index (χ4n) is 3.47. The predicted molar refractivity (Wildman–Crippen MR) is 89.9 cm³/mol. The van der Waals surface area contributed by atoms with Crippen LogP contribution >= 0.6 is 11.3 Å². The molecule has 6 nitrogen and oxygen atoms in total. The fraction of sp³-hybridized carbons (Fsp3) is 0.750. The monoisotopic (exact) mass is 339 g/mol. The predicted octanol–water partition coefficient (Wildman–Crippen LogP) is 2.52. The number of aromatic nitrogens is 1. The Hall–Kier alpha value is -1.18. The van der Waals surface area contributed by atoms with Gasteiger partial charge in [0.1, 0.15) is 0 Å². The third kappa shape index (κ3) is 4.22. The number of hydrogen-bond acceptors (Lipinski definition) is 5. The maximum atomic E-state index is 12.4. The Balaban J connectivity index is 1.58. The molecule has 0 radical (unpaired) electrons. The average Bonchev–Trinajstić information content (AvgIpc) is 3.03. The lowest BCUT2D eigenvalue weighted by molar-refractivity contribution is 0.0846. The number of amides is 2. The lowest BCUT2D eigenvalue weighted by Crippen LogP contribution is -2.46. The molecule has 0 spiro atoms. The van der Waals surface area contributed by atoms with E-state index in [1.54, 1.807) is 4.90 Å². The van der Waals surface area contributed by atoms with Crippen LogP contribution in [0.25, 0.3) is 0 Å². The van der Waals surface area contributed by atoms with Crippen LogP contribution in [0.5, 0.6) is 0 Å². The van der Waals surface area contributed by atoms with Crippen LogP contribution in [0.15, 0.2) is 5.38 Å². The summed E-state index contributed by atoms with van der Waals surface area (Å²) in [5, 5.41) is 15.0. The maximum absolute atomic E-state index is 12.4. The van der Waals surface area contributed by atoms with Gasteiger partial charge in [-0.3, -0.25) is 5.32 Å². The number of urea groups is 1. The summed E-state index contributed by atoms with van der Waals surface area (Å²) in [6.45, 7) is 5.19. The maximum Gasteiger partial charge on any atom is 0.323 e. The molecular weight excluding hydrogens is 314 g/mol. The largest absolute Gasteiger partial charge is 0.396 e. The standard InChI is InChI=1S/C16H25N3O3S/c1-11-6-12(9-20)8-19(7-11)16(21)18-15-17-14(10-23-15)13-2-4-22-5-3-13/h10-13,20H,2-9H2,1H3,(H,17,18,21). The Labute approximate surface area is 140 Å². The molecule has 128 valence electrons. The molecule has 2 saturated heterocycles. The van der Waals surface area contributed by atoms with Gasteiger partial charge in [-0.15, -0.1) is 11.3 Å². The molecule has 2 atom stereocenters. The van der Waals surface area contributed by atoms with Crippen molar-refractivity contribution in [3.05, 3.63) is 11.1 Å². The zero-order chi connectivity index (χ0) is 16.2. The molecule has 2 fully saturated rings. The van der Waals surface area contributed by atoms with Crippen molar-refractivity contribution >= 4 is 22.5 Å². The van der Waals surface area contributed by atoms with Crippen molar-refractivity contribution in [1.82, 2.24) is 9.88 Å². The number of likely N-dealkylation sites (tertiary alicyclic amines) is 1. The molecule has 2 N–H and O–H groups in total. The first-order chi connectivity index (χ1) is 11.2. The molecule has 1 aromatic rings. The summed E-state index contributed by atoms with van der Waals surface area (Å²) in [5.74, 6) is 1.04. The highest BCUT2D eigenvalue weighted by molar-refractivity contribution is 7.13. The van der Waals surface area contributed by atoms with Gasteiger partial charge in [-0.05, 0) is 31.1 Å². The second-order valence-corrected chi connectivity index (χ2v) is 7.55. The first kappa shape index (κ1) is 16.7. The first-order valence-corrected chi connectivity index (χ1v) is 9.23. The number of thiazole rings is 1. The molecule has 0 saturated carbocycles. The highest BCUT2D eigenvalue weighted by Gasteiger charge is 2.28. The van der Waals surface area contributed by atoms with Gasteiger partial charge in [0, 0.05) is 44.2 Å². The van der Waals surface area contributed by atoms with E-state index < -0.39 is 0 Å². The van der Waals surface area contributed by atoms with Crippen molar-refractivity contribution in [3.63, 3.8) is 0 Å². The molecule has 3 heterocycles. The summed E-state index contributed by atoms with van der Waals surface area (Å²) in [5.41, 5.74) is 1.06. The molecular formula is C16H25N3O3S. The zero-order valence-corrected chi connectivity index (χ0v) is 14.3. The molecule has 1 aromatic heterocycles. The summed E-state index contributed by atoms with van der Waals surface area (Å²) < 4.78 is 5.38. The van der Waals surface area contributed by atoms with E-state index >= 15 is 0 Å². The van der Waals surface area contributed by atoms with E-state index in [0.717, 1.165) is 44.7 Å². The van der Waals surface area contributed by atoms with Crippen LogP contribution in [0, 0.1) is 11.8 Å². The lowest BCUT2D eigenvalue weighted by Gasteiger charge is -2.35. The van der Waals surface area contributed by atoms with Gasteiger partial charge in [-0.2, -0.15) is 0 Å². The molecule has 0 bridgehead atoms. The minimum atomic E-state index is -0.108. The van der Waals surface area contributed by atoms with Gasteiger partial charge < -0.3 is 14.7 Å². The van der Waals surface area contributed by atoms with Gasteiger partial charge >= 0.3 is 6.03 Å². The number of aliphatic hydroxyl groups excluding tert-OH is 1. The van der Waals surface area contributed by atoms with Gasteiger partial charge in [0.2, 0.25) is 0 Å². The fourth-order valence-corrected chi connectivity index (χ4v) is 4.26. The number of carbonyl (C=O) groups excluding carboxylic acids is 1. The third-order valence-electron chi connectivity index (χ3n) is 4.67. The second kappa shape index (κ2) is 7.59. The Morgan fingerprint density at radius 3 is 3.00 bits per heavy atom. The van der Waals surface area contributed by atoms with Gasteiger partial charge in [0.05, 0.1) is 5.69 Å². The third-order valence-corrected chi connectivity index (χ3v) is 5.44. The van der Waals surface area contributed by atoms with E-state index in [9.17, 15) is 9.90 Å². The van der Waals surface area contributed by atoms with Gasteiger partial charge in [0.15, 0.2) is 5.13 Å². The molecule has 2 unspecified atom stereocenters. The smallest absolute Gasteiger partial charge is 0.323 e. The Kier molecular flexibility index (Phi) is 5.50. The van der Waals surface area contributed by atoms with E-state index in [1.165, 1.54) is 11.3 Å². The average molecular weight is 339 g/mol. The Bertz CT molecular complexity index is 530. The van der Waals surface area contributed by atoms with Crippen LogP contribution in [0.2, 0.25) is 0 Å². The minimum absolute atomic E-state index is 0.108. The molecule has 7 heteroatoms. The molecule has 0 aromatic carbocycles. The van der Waals surface area contributed by atoms with Crippen LogP contribution in [0.1, 0.15) is 37.8 Å². The number of nitrogens with one attached hydrogen (secondary N) is 1. The molecule has 23 heavy (non-hydrogen) atoms. The Morgan fingerprint density at radius 2 is 2.26 bits per heavy atom. The van der Waals surface area contributed by atoms with Crippen molar-refractivity contribution in [3.8, 4) is 0 Å². The van der Waals surface area contributed by atoms with Crippen molar-refractivity contribution in [2.24, 2.45) is 11.8 Å². The first-order valence-electron chi connectivity index (χ1n) is 8.35. The van der Waals surface area contributed by atoms with Crippen LogP contribution in [-0.4, -0.2) is 53.9 Å². The van der Waals surface area contributed by atoms with Crippen LogP contribution in [0.3, 0.4) is 0 Å². The van der Waals surface area contributed by atoms with Crippen molar-refractivity contribution in [1.29, 1.82) is 0 Å². The quantitative estimate of drug-likeness (QED) is 0.887. The normalized spacial score (nSPS) is 26.3. The molecule has 2 amide bonds. The summed E-state index contributed by atoms with van der Waals surface area (Å²) in [4.78, 5) is 18.8. The summed E-state index contributed by atoms with van der Waals surface area (Å²) >= 11 is 1.48. The molecule has 0 aliphatic carbocycles. The second-order valence-electron chi connectivity index (χ2n) is 6.69. The van der Waals surface area contributed by atoms with E-state index in [4.69, 9.17) is 4.74 Å². The number of ether oxygens (including phenoxy) is 1. The Morgan fingerprint density at radius 1 is 1.48 bits per heavy atom. The van der Waals surface area contributed by atoms with Crippen LogP contribution < -0.4 is 5.32 Å². The number of rotatable bonds is 3. The van der Waals surface area contributed by atoms with E-state index in [0.29, 0.717) is 23.5 Å². The number of aliphatic hydroxyl groups is 1. The van der Waals surface area contributed by atoms with Crippen molar-refractivity contribution in [2.45, 2.75) is 32.1 Å². The number of hydrogen-bond donors (Lipinski definition) is 2. The number of carbonyl (C=O) groups is 1. The minimum Gasteiger partial charge on any atom is -0.396 e. The van der Waals surface area contributed by atoms with E-state index in [1.807, 2.05) is 5.38 Å². The lowest BCUT2D eigenvalue weighted by atomic mass is 9.91. The van der Waals surface area contributed by atoms with E-state index in [-0.39, 0.29) is 18.6 Å². The van der Waals surface area contributed by atoms with Crippen LogP contribution in [0.4, 0.5) is 9.93 Å². The molecule has 2 aliphatic heterocycles. The summed E-state index contributed by atoms with van der Waals surface area (Å²) in [7, 11) is 0. The highest BCUT2D eigenvalue weighted by atomic mass is 32.1. The number of nitrogens with zero attached hydrogens (tertiary/aromatic N) is 2. The SMILES string of the molecule is CC1CC(CO)CN(C(=O)Nc2nc(C3CCOCC3)cs2)C1. The zero-order valence-electron chi connectivity index (χ0n) is 13.5. The molecule has 3 rings (SSSR count). The van der Waals surface area contributed by atoms with Crippen LogP contribution in [-0.2, 0) is 4.74 Å². The van der Waals surface area contributed by atoms with Crippen molar-refractivity contribution < 1.29 is 14.6 Å².